The first kappa shape index (κ1) is 12.0. The van der Waals surface area contributed by atoms with Crippen LogP contribution in [-0.2, 0) is 6.54 Å². The van der Waals surface area contributed by atoms with Gasteiger partial charge in [0.05, 0.1) is 29.7 Å². The molecule has 2 heterocycles. The van der Waals surface area contributed by atoms with Gasteiger partial charge in [-0.2, -0.15) is 0 Å². The number of imidazole rings is 1. The molecule has 0 saturated carbocycles. The highest BCUT2D eigenvalue weighted by Gasteiger charge is 2.07. The summed E-state index contributed by atoms with van der Waals surface area (Å²) < 4.78 is 7.54. The molecule has 0 aliphatic rings. The van der Waals surface area contributed by atoms with E-state index in [9.17, 15) is 0 Å². The Bertz CT molecular complexity index is 642. The predicted octanol–water partition coefficient (Wildman–Crippen LogP) is 2.98. The van der Waals surface area contributed by atoms with Gasteiger partial charge in [0, 0.05) is 13.1 Å². The fraction of sp³-hybridized carbons (Fsp3) is 0.267. The molecule has 0 radical (unpaired) electrons. The summed E-state index contributed by atoms with van der Waals surface area (Å²) in [5.74, 6) is 0.968. The van der Waals surface area contributed by atoms with Gasteiger partial charge in [0.1, 0.15) is 5.76 Å². The van der Waals surface area contributed by atoms with E-state index in [1.807, 2.05) is 36.7 Å². The molecule has 2 aromatic heterocycles. The third-order valence-electron chi connectivity index (χ3n) is 3.30. The highest BCUT2D eigenvalue weighted by Crippen LogP contribution is 2.13. The van der Waals surface area contributed by atoms with Crippen molar-refractivity contribution in [3.63, 3.8) is 0 Å². The fourth-order valence-corrected chi connectivity index (χ4v) is 2.23. The molecular weight excluding hydrogens is 238 g/mol. The van der Waals surface area contributed by atoms with E-state index in [4.69, 9.17) is 4.42 Å². The van der Waals surface area contributed by atoms with Gasteiger partial charge in [-0.15, -0.1) is 0 Å². The maximum atomic E-state index is 5.37. The van der Waals surface area contributed by atoms with Gasteiger partial charge in [0.15, 0.2) is 0 Å². The molecule has 4 nitrogen and oxygen atoms in total. The smallest absolute Gasteiger partial charge is 0.120 e. The lowest BCUT2D eigenvalue weighted by atomic mass is 10.2. The number of furan rings is 1. The summed E-state index contributed by atoms with van der Waals surface area (Å²) in [5, 5.41) is 3.45. The number of fused-ring (bicyclic) bond motifs is 1. The Morgan fingerprint density at radius 3 is 3.00 bits per heavy atom. The van der Waals surface area contributed by atoms with Crippen LogP contribution in [0.1, 0.15) is 18.7 Å². The van der Waals surface area contributed by atoms with Crippen molar-refractivity contribution in [1.82, 2.24) is 14.9 Å². The zero-order chi connectivity index (χ0) is 13.1. The summed E-state index contributed by atoms with van der Waals surface area (Å²) in [4.78, 5) is 4.38. The fourth-order valence-electron chi connectivity index (χ4n) is 2.23. The first-order chi connectivity index (χ1) is 9.34. The number of nitrogens with one attached hydrogen (secondary N) is 1. The van der Waals surface area contributed by atoms with E-state index in [0.29, 0.717) is 0 Å². The highest BCUT2D eigenvalue weighted by atomic mass is 16.3. The molecule has 3 aromatic rings. The van der Waals surface area contributed by atoms with E-state index >= 15 is 0 Å². The number of nitrogens with zero attached hydrogens (tertiary/aromatic N) is 2. The Morgan fingerprint density at radius 2 is 2.16 bits per heavy atom. The Labute approximate surface area is 112 Å². The first-order valence-electron chi connectivity index (χ1n) is 6.51. The molecule has 98 valence electrons. The average Bonchev–Trinajstić information content (AvgIpc) is 3.08. The molecule has 1 atom stereocenters. The number of hydrogen-bond acceptors (Lipinski definition) is 3. The van der Waals surface area contributed by atoms with Gasteiger partial charge in [-0.3, -0.25) is 0 Å². The van der Waals surface area contributed by atoms with Crippen molar-refractivity contribution < 1.29 is 4.42 Å². The van der Waals surface area contributed by atoms with Crippen LogP contribution in [0.15, 0.2) is 53.4 Å². The molecule has 1 N–H and O–H groups in total. The van der Waals surface area contributed by atoms with Crippen LogP contribution < -0.4 is 5.32 Å². The van der Waals surface area contributed by atoms with Crippen LogP contribution in [0.25, 0.3) is 11.0 Å². The minimum Gasteiger partial charge on any atom is -0.468 e. The summed E-state index contributed by atoms with van der Waals surface area (Å²) >= 11 is 0. The van der Waals surface area contributed by atoms with Gasteiger partial charge in [0.2, 0.25) is 0 Å². The van der Waals surface area contributed by atoms with Crippen LogP contribution in [-0.4, -0.2) is 16.1 Å². The van der Waals surface area contributed by atoms with E-state index in [1.165, 1.54) is 5.52 Å². The topological polar surface area (TPSA) is 43.0 Å². The number of hydrogen-bond donors (Lipinski definition) is 1. The lowest BCUT2D eigenvalue weighted by Crippen LogP contribution is -2.22. The van der Waals surface area contributed by atoms with Crippen LogP contribution in [0, 0.1) is 0 Å². The molecule has 4 heteroatoms. The minimum atomic E-state index is 0.227. The van der Waals surface area contributed by atoms with Crippen molar-refractivity contribution in [3.8, 4) is 0 Å². The Hall–Kier alpha value is -2.07. The van der Waals surface area contributed by atoms with Gasteiger partial charge in [0.25, 0.3) is 0 Å². The van der Waals surface area contributed by atoms with Crippen molar-refractivity contribution in [3.05, 3.63) is 54.7 Å². The number of benzene rings is 1. The zero-order valence-corrected chi connectivity index (χ0v) is 10.9. The zero-order valence-electron chi connectivity index (χ0n) is 10.9. The molecule has 0 aliphatic carbocycles. The van der Waals surface area contributed by atoms with Crippen molar-refractivity contribution in [1.29, 1.82) is 0 Å². The monoisotopic (exact) mass is 255 g/mol. The SMILES string of the molecule is CC(NCCn1cnc2ccccc21)c1ccco1. The van der Waals surface area contributed by atoms with E-state index in [0.717, 1.165) is 24.4 Å². The summed E-state index contributed by atoms with van der Waals surface area (Å²) in [6, 6.07) is 12.3. The largest absolute Gasteiger partial charge is 0.468 e. The van der Waals surface area contributed by atoms with Gasteiger partial charge in [-0.25, -0.2) is 4.98 Å². The molecule has 0 bridgehead atoms. The lowest BCUT2D eigenvalue weighted by Gasteiger charge is -2.11. The van der Waals surface area contributed by atoms with Crippen LogP contribution in [0.3, 0.4) is 0 Å². The van der Waals surface area contributed by atoms with Crippen molar-refractivity contribution in [2.75, 3.05) is 6.54 Å². The van der Waals surface area contributed by atoms with E-state index in [-0.39, 0.29) is 6.04 Å². The molecular formula is C15H17N3O. The molecule has 19 heavy (non-hydrogen) atoms. The molecule has 0 saturated heterocycles. The molecule has 0 amide bonds. The van der Waals surface area contributed by atoms with Crippen molar-refractivity contribution >= 4 is 11.0 Å². The van der Waals surface area contributed by atoms with Crippen LogP contribution in [0.5, 0.6) is 0 Å². The quantitative estimate of drug-likeness (QED) is 0.762. The molecule has 3 rings (SSSR count). The van der Waals surface area contributed by atoms with Crippen LogP contribution in [0.2, 0.25) is 0 Å². The molecule has 0 aliphatic heterocycles. The molecule has 0 fully saturated rings. The molecule has 0 spiro atoms. The van der Waals surface area contributed by atoms with Crippen molar-refractivity contribution in [2.45, 2.75) is 19.5 Å². The summed E-state index contributed by atoms with van der Waals surface area (Å²) in [6.07, 6.45) is 3.60. The molecule has 1 aromatic carbocycles. The second-order valence-corrected chi connectivity index (χ2v) is 4.62. The van der Waals surface area contributed by atoms with Gasteiger partial charge >= 0.3 is 0 Å². The van der Waals surface area contributed by atoms with Gasteiger partial charge in [-0.05, 0) is 31.2 Å². The van der Waals surface area contributed by atoms with E-state index in [2.05, 4.69) is 27.9 Å². The van der Waals surface area contributed by atoms with E-state index < -0.39 is 0 Å². The normalized spacial score (nSPS) is 12.9. The van der Waals surface area contributed by atoms with Gasteiger partial charge in [-0.1, -0.05) is 12.1 Å². The second kappa shape index (κ2) is 5.28. The number of aromatic nitrogens is 2. The second-order valence-electron chi connectivity index (χ2n) is 4.62. The minimum absolute atomic E-state index is 0.227. The summed E-state index contributed by atoms with van der Waals surface area (Å²) in [5.41, 5.74) is 2.22. The Kier molecular flexibility index (Phi) is 3.33. The van der Waals surface area contributed by atoms with Crippen molar-refractivity contribution in [2.24, 2.45) is 0 Å². The predicted molar refractivity (Wildman–Crippen MR) is 74.9 cm³/mol. The van der Waals surface area contributed by atoms with E-state index in [1.54, 1.807) is 6.26 Å². The molecule has 1 unspecified atom stereocenters. The summed E-state index contributed by atoms with van der Waals surface area (Å²) in [6.45, 7) is 3.87. The first-order valence-corrected chi connectivity index (χ1v) is 6.51. The Morgan fingerprint density at radius 1 is 1.26 bits per heavy atom. The standard InChI is InChI=1S/C15H17N3O/c1-12(15-7-4-10-19-15)16-8-9-18-11-17-13-5-2-3-6-14(13)18/h2-7,10-12,16H,8-9H2,1H3. The third kappa shape index (κ3) is 2.53. The Balaban J connectivity index is 1.61. The third-order valence-corrected chi connectivity index (χ3v) is 3.30. The maximum Gasteiger partial charge on any atom is 0.120 e. The van der Waals surface area contributed by atoms with Crippen LogP contribution in [0.4, 0.5) is 0 Å². The number of rotatable bonds is 5. The lowest BCUT2D eigenvalue weighted by molar-refractivity contribution is 0.424. The number of para-hydroxylation sites is 2. The average molecular weight is 255 g/mol. The maximum absolute atomic E-state index is 5.37. The van der Waals surface area contributed by atoms with Gasteiger partial charge < -0.3 is 14.3 Å². The van der Waals surface area contributed by atoms with Crippen LogP contribution >= 0.6 is 0 Å². The highest BCUT2D eigenvalue weighted by molar-refractivity contribution is 5.74. The summed E-state index contributed by atoms with van der Waals surface area (Å²) in [7, 11) is 0.